The summed E-state index contributed by atoms with van der Waals surface area (Å²) in [6.07, 6.45) is 5.04. The van der Waals surface area contributed by atoms with E-state index in [9.17, 15) is 9.18 Å². The van der Waals surface area contributed by atoms with E-state index >= 15 is 0 Å². The molecule has 0 bridgehead atoms. The summed E-state index contributed by atoms with van der Waals surface area (Å²) < 4.78 is 13.6. The van der Waals surface area contributed by atoms with Gasteiger partial charge in [-0.05, 0) is 30.2 Å². The number of rotatable bonds is 5. The van der Waals surface area contributed by atoms with Gasteiger partial charge in [-0.15, -0.1) is 0 Å². The van der Waals surface area contributed by atoms with Gasteiger partial charge in [0.15, 0.2) is 0 Å². The van der Waals surface area contributed by atoms with Crippen LogP contribution in [0.1, 0.15) is 24.8 Å². The van der Waals surface area contributed by atoms with Crippen LogP contribution in [0.25, 0.3) is 0 Å². The van der Waals surface area contributed by atoms with Crippen molar-refractivity contribution in [2.24, 2.45) is 0 Å². The quantitative estimate of drug-likeness (QED) is 0.785. The number of hydrogen-bond acceptors (Lipinski definition) is 3. The number of amides is 1. The highest BCUT2D eigenvalue weighted by Gasteiger charge is 2.46. The van der Waals surface area contributed by atoms with E-state index in [4.69, 9.17) is 0 Å². The van der Waals surface area contributed by atoms with Gasteiger partial charge in [-0.1, -0.05) is 0 Å². The predicted octanol–water partition coefficient (Wildman–Crippen LogP) is 1.69. The van der Waals surface area contributed by atoms with Crippen LogP contribution < -0.4 is 5.32 Å². The molecule has 17 heavy (non-hydrogen) atoms. The van der Waals surface area contributed by atoms with Crippen LogP contribution in [-0.2, 0) is 10.2 Å². The monoisotopic (exact) mass is 254 g/mol. The number of nitrogens with one attached hydrogen (secondary N) is 1. The zero-order valence-electron chi connectivity index (χ0n) is 9.45. The van der Waals surface area contributed by atoms with Gasteiger partial charge < -0.3 is 5.32 Å². The highest BCUT2D eigenvalue weighted by molar-refractivity contribution is 7.80. The Labute approximate surface area is 105 Å². The van der Waals surface area contributed by atoms with E-state index in [0.29, 0.717) is 24.3 Å². The van der Waals surface area contributed by atoms with E-state index in [1.54, 1.807) is 12.3 Å². The molecule has 1 fully saturated rings. The fraction of sp³-hybridized carbons (Fsp3) is 0.500. The molecule has 3 nitrogen and oxygen atoms in total. The summed E-state index contributed by atoms with van der Waals surface area (Å²) >= 11 is 4.00. The summed E-state index contributed by atoms with van der Waals surface area (Å²) in [7, 11) is 0. The van der Waals surface area contributed by atoms with Crippen LogP contribution in [0.5, 0.6) is 0 Å². The van der Waals surface area contributed by atoms with Gasteiger partial charge in [0.05, 0.1) is 6.20 Å². The van der Waals surface area contributed by atoms with Crippen LogP contribution in [0, 0.1) is 5.82 Å². The smallest absolute Gasteiger partial charge is 0.220 e. The lowest BCUT2D eigenvalue weighted by molar-refractivity contribution is -0.120. The van der Waals surface area contributed by atoms with Crippen LogP contribution in [0.15, 0.2) is 18.5 Å². The zero-order chi connectivity index (χ0) is 12.3. The lowest BCUT2D eigenvalue weighted by Gasteiger charge is -2.16. The van der Waals surface area contributed by atoms with E-state index in [0.717, 1.165) is 12.8 Å². The molecular formula is C12H15FN2OS. The third kappa shape index (κ3) is 2.77. The van der Waals surface area contributed by atoms with Crippen LogP contribution in [0.4, 0.5) is 4.39 Å². The Kier molecular flexibility index (Phi) is 3.66. The van der Waals surface area contributed by atoms with Crippen LogP contribution in [0.3, 0.4) is 0 Å². The van der Waals surface area contributed by atoms with E-state index in [1.807, 2.05) is 0 Å². The van der Waals surface area contributed by atoms with E-state index in [1.165, 1.54) is 6.20 Å². The Bertz CT molecular complexity index is 421. The highest BCUT2D eigenvalue weighted by atomic mass is 32.1. The molecule has 1 amide bonds. The minimum Gasteiger partial charge on any atom is -0.355 e. The number of carbonyl (C=O) groups excluding carboxylic acids is 1. The van der Waals surface area contributed by atoms with Crippen molar-refractivity contribution < 1.29 is 9.18 Å². The van der Waals surface area contributed by atoms with Gasteiger partial charge in [0, 0.05) is 24.6 Å². The van der Waals surface area contributed by atoms with Gasteiger partial charge in [-0.25, -0.2) is 4.39 Å². The largest absolute Gasteiger partial charge is 0.355 e. The average Bonchev–Trinajstić information content (AvgIpc) is 3.09. The molecule has 0 spiro atoms. The van der Waals surface area contributed by atoms with E-state index in [2.05, 4.69) is 22.9 Å². The molecule has 0 radical (unpaired) electrons. The molecule has 2 rings (SSSR count). The Morgan fingerprint density at radius 1 is 1.59 bits per heavy atom. The first kappa shape index (κ1) is 12.4. The number of aromatic nitrogens is 1. The van der Waals surface area contributed by atoms with Gasteiger partial charge in [0.1, 0.15) is 5.82 Å². The lowest BCUT2D eigenvalue weighted by Crippen LogP contribution is -2.32. The first-order chi connectivity index (χ1) is 8.18. The molecule has 0 atom stereocenters. The summed E-state index contributed by atoms with van der Waals surface area (Å²) in [4.78, 5) is 15.1. The lowest BCUT2D eigenvalue weighted by atomic mass is 9.96. The average molecular weight is 254 g/mol. The third-order valence-electron chi connectivity index (χ3n) is 3.16. The first-order valence-electron chi connectivity index (χ1n) is 5.65. The fourth-order valence-corrected chi connectivity index (χ4v) is 2.16. The molecule has 1 aromatic rings. The van der Waals surface area contributed by atoms with Crippen molar-refractivity contribution in [2.45, 2.75) is 24.7 Å². The molecule has 1 saturated carbocycles. The van der Waals surface area contributed by atoms with Crippen LogP contribution in [-0.4, -0.2) is 23.2 Å². The second-order valence-corrected chi connectivity index (χ2v) is 4.83. The van der Waals surface area contributed by atoms with Crippen molar-refractivity contribution in [3.8, 4) is 0 Å². The molecule has 1 N–H and O–H groups in total. The van der Waals surface area contributed by atoms with Gasteiger partial charge in [-0.2, -0.15) is 12.6 Å². The summed E-state index contributed by atoms with van der Waals surface area (Å²) in [5.41, 5.74) is 0.456. The van der Waals surface area contributed by atoms with Crippen LogP contribution >= 0.6 is 12.6 Å². The SMILES string of the molecule is O=C(CCS)NCC1(c2ccncc2F)CC1. The summed E-state index contributed by atoms with van der Waals surface area (Å²) in [6, 6.07) is 1.70. The Hall–Kier alpha value is -1.10. The van der Waals surface area contributed by atoms with Gasteiger partial charge in [-0.3, -0.25) is 9.78 Å². The number of nitrogens with zero attached hydrogens (tertiary/aromatic N) is 1. The molecular weight excluding hydrogens is 239 g/mol. The van der Waals surface area contributed by atoms with E-state index < -0.39 is 0 Å². The van der Waals surface area contributed by atoms with E-state index in [-0.39, 0.29) is 17.1 Å². The van der Waals surface area contributed by atoms with Crippen LogP contribution in [0.2, 0.25) is 0 Å². The molecule has 1 heterocycles. The third-order valence-corrected chi connectivity index (χ3v) is 3.38. The van der Waals surface area contributed by atoms with Crippen molar-refractivity contribution in [3.63, 3.8) is 0 Å². The minimum absolute atomic E-state index is 0.0271. The van der Waals surface area contributed by atoms with Crippen molar-refractivity contribution >= 4 is 18.5 Å². The number of pyridine rings is 1. The number of hydrogen-bond donors (Lipinski definition) is 2. The standard InChI is InChI=1S/C12H15FN2OS/c13-10-7-14-5-1-9(10)12(3-4-12)8-15-11(16)2-6-17/h1,5,7,17H,2-4,6,8H2,(H,15,16). The summed E-state index contributed by atoms with van der Waals surface area (Å²) in [6.45, 7) is 0.501. The molecule has 5 heteroatoms. The highest BCUT2D eigenvalue weighted by Crippen LogP contribution is 2.48. The second-order valence-electron chi connectivity index (χ2n) is 4.39. The van der Waals surface area contributed by atoms with Crippen molar-refractivity contribution in [1.29, 1.82) is 0 Å². The van der Waals surface area contributed by atoms with Gasteiger partial charge >= 0.3 is 0 Å². The summed E-state index contributed by atoms with van der Waals surface area (Å²) in [5.74, 6) is 0.219. The molecule has 92 valence electrons. The summed E-state index contributed by atoms with van der Waals surface area (Å²) in [5, 5.41) is 2.84. The number of halogens is 1. The Morgan fingerprint density at radius 3 is 2.94 bits per heavy atom. The fourth-order valence-electron chi connectivity index (χ4n) is 1.96. The molecule has 0 unspecified atom stereocenters. The maximum atomic E-state index is 13.6. The zero-order valence-corrected chi connectivity index (χ0v) is 10.3. The Morgan fingerprint density at radius 2 is 2.35 bits per heavy atom. The Balaban J connectivity index is 2.01. The predicted molar refractivity (Wildman–Crippen MR) is 66.6 cm³/mol. The van der Waals surface area contributed by atoms with Gasteiger partial charge in [0.2, 0.25) is 5.91 Å². The van der Waals surface area contributed by atoms with Gasteiger partial charge in [0.25, 0.3) is 0 Å². The first-order valence-corrected chi connectivity index (χ1v) is 6.29. The normalized spacial score (nSPS) is 16.6. The number of thiol groups is 1. The topological polar surface area (TPSA) is 42.0 Å². The number of carbonyl (C=O) groups is 1. The maximum Gasteiger partial charge on any atom is 0.220 e. The molecule has 1 aliphatic carbocycles. The van der Waals surface area contributed by atoms with Crippen molar-refractivity contribution in [2.75, 3.05) is 12.3 Å². The molecule has 1 aliphatic rings. The molecule has 1 aromatic heterocycles. The maximum absolute atomic E-state index is 13.6. The van der Waals surface area contributed by atoms with Crippen molar-refractivity contribution in [3.05, 3.63) is 29.8 Å². The molecule has 0 aliphatic heterocycles. The second kappa shape index (κ2) is 5.04. The van der Waals surface area contributed by atoms with Crippen molar-refractivity contribution in [1.82, 2.24) is 10.3 Å². The molecule has 0 saturated heterocycles. The minimum atomic E-state index is -0.284. The molecule has 0 aromatic carbocycles.